The first-order valence-corrected chi connectivity index (χ1v) is 5.43. The van der Waals surface area contributed by atoms with Gasteiger partial charge in [0.1, 0.15) is 0 Å². The van der Waals surface area contributed by atoms with Gasteiger partial charge in [0, 0.05) is 6.54 Å². The number of hydroxylamine groups is 1. The first-order chi connectivity index (χ1) is 7.83. The molecule has 1 aromatic carbocycles. The van der Waals surface area contributed by atoms with Crippen molar-refractivity contribution in [3.63, 3.8) is 0 Å². The Bertz CT molecular complexity index is 350. The number of ether oxygens (including phenoxy) is 2. The number of benzene rings is 1. The van der Waals surface area contributed by atoms with Gasteiger partial charge < -0.3 is 14.3 Å². The second-order valence-electron chi connectivity index (χ2n) is 3.83. The van der Waals surface area contributed by atoms with Gasteiger partial charge in [0.2, 0.25) is 0 Å². The molecule has 1 fully saturated rings. The second-order valence-corrected chi connectivity index (χ2v) is 3.83. The topological polar surface area (TPSA) is 39.7 Å². The Labute approximate surface area is 95.5 Å². The van der Waals surface area contributed by atoms with Gasteiger partial charge in [0.05, 0.1) is 20.3 Å². The maximum absolute atomic E-state index is 5.77. The van der Waals surface area contributed by atoms with Crippen LogP contribution in [0.15, 0.2) is 18.2 Å². The largest absolute Gasteiger partial charge is 0.493 e. The Morgan fingerprint density at radius 1 is 1.25 bits per heavy atom. The van der Waals surface area contributed by atoms with E-state index in [0.29, 0.717) is 12.6 Å². The summed E-state index contributed by atoms with van der Waals surface area (Å²) in [5, 5.41) is 0. The van der Waals surface area contributed by atoms with E-state index < -0.39 is 0 Å². The average Bonchev–Trinajstić information content (AvgIpc) is 3.10. The molecular weight excluding hydrogens is 206 g/mol. The predicted octanol–water partition coefficient (Wildman–Crippen LogP) is 1.89. The highest BCUT2D eigenvalue weighted by atomic mass is 16.6. The summed E-state index contributed by atoms with van der Waals surface area (Å²) in [6, 6.07) is 5.90. The smallest absolute Gasteiger partial charge is 0.161 e. The van der Waals surface area contributed by atoms with Crippen molar-refractivity contribution in [2.45, 2.75) is 25.5 Å². The lowest BCUT2D eigenvalue weighted by atomic mass is 10.2. The van der Waals surface area contributed by atoms with Crippen molar-refractivity contribution in [2.24, 2.45) is 0 Å². The van der Waals surface area contributed by atoms with Crippen molar-refractivity contribution in [3.8, 4) is 11.5 Å². The minimum absolute atomic E-state index is 0.375. The molecule has 16 heavy (non-hydrogen) atoms. The van der Waals surface area contributed by atoms with Crippen molar-refractivity contribution >= 4 is 0 Å². The van der Waals surface area contributed by atoms with Crippen LogP contribution in [0.25, 0.3) is 0 Å². The molecule has 0 aliphatic heterocycles. The first-order valence-electron chi connectivity index (χ1n) is 5.43. The minimum atomic E-state index is 0.375. The molecule has 0 spiro atoms. The fourth-order valence-corrected chi connectivity index (χ4v) is 1.44. The highest BCUT2D eigenvalue weighted by Gasteiger charge is 2.24. The van der Waals surface area contributed by atoms with Crippen molar-refractivity contribution in [1.29, 1.82) is 0 Å². The predicted molar refractivity (Wildman–Crippen MR) is 60.5 cm³/mol. The zero-order chi connectivity index (χ0) is 11.4. The van der Waals surface area contributed by atoms with E-state index in [9.17, 15) is 0 Å². The van der Waals surface area contributed by atoms with Gasteiger partial charge in [-0.25, -0.2) is 0 Å². The third kappa shape index (κ3) is 2.87. The van der Waals surface area contributed by atoms with E-state index in [0.717, 1.165) is 29.9 Å². The van der Waals surface area contributed by atoms with Crippen LogP contribution in [0, 0.1) is 0 Å². The van der Waals surface area contributed by atoms with E-state index in [1.54, 1.807) is 14.2 Å². The molecule has 0 atom stereocenters. The van der Waals surface area contributed by atoms with E-state index in [1.165, 1.54) is 0 Å². The van der Waals surface area contributed by atoms with Gasteiger partial charge in [-0.05, 0) is 30.5 Å². The molecule has 1 saturated carbocycles. The lowest BCUT2D eigenvalue weighted by Crippen LogP contribution is -2.11. The Hall–Kier alpha value is -1.26. The summed E-state index contributed by atoms with van der Waals surface area (Å²) in [7, 11) is 3.26. The van der Waals surface area contributed by atoms with E-state index >= 15 is 0 Å². The summed E-state index contributed by atoms with van der Waals surface area (Å²) in [4.78, 5) is 4.81. The first kappa shape index (κ1) is 11.2. The van der Waals surface area contributed by atoms with Gasteiger partial charge in [-0.3, -0.25) is 0 Å². The molecule has 1 aromatic rings. The molecule has 0 saturated heterocycles. The summed E-state index contributed by atoms with van der Waals surface area (Å²) >= 11 is 0. The monoisotopic (exact) mass is 223 g/mol. The summed E-state index contributed by atoms with van der Waals surface area (Å²) in [5.41, 5.74) is 3.91. The number of hydrogen-bond donors (Lipinski definition) is 1. The molecular formula is C12H17NO3. The van der Waals surface area contributed by atoms with Crippen LogP contribution in [-0.2, 0) is 11.4 Å². The van der Waals surface area contributed by atoms with Crippen LogP contribution in [0.4, 0.5) is 0 Å². The van der Waals surface area contributed by atoms with Crippen LogP contribution in [0.1, 0.15) is 18.4 Å². The van der Waals surface area contributed by atoms with Gasteiger partial charge >= 0.3 is 0 Å². The Morgan fingerprint density at radius 2 is 2.06 bits per heavy atom. The van der Waals surface area contributed by atoms with Gasteiger partial charge in [-0.2, -0.15) is 5.48 Å². The lowest BCUT2D eigenvalue weighted by molar-refractivity contribution is 0.0866. The summed E-state index contributed by atoms with van der Waals surface area (Å²) < 4.78 is 11.0. The van der Waals surface area contributed by atoms with Crippen LogP contribution in [0.3, 0.4) is 0 Å². The molecule has 88 valence electrons. The van der Waals surface area contributed by atoms with E-state index in [1.807, 2.05) is 18.2 Å². The molecule has 0 heterocycles. The number of methoxy groups -OCH3 is 1. The van der Waals surface area contributed by atoms with Crippen LogP contribution in [0.5, 0.6) is 11.5 Å². The van der Waals surface area contributed by atoms with Crippen LogP contribution >= 0.6 is 0 Å². The maximum atomic E-state index is 5.77. The number of hydrogen-bond acceptors (Lipinski definition) is 4. The molecule has 2 rings (SSSR count). The normalized spacial score (nSPS) is 14.9. The third-order valence-corrected chi connectivity index (χ3v) is 2.47. The van der Waals surface area contributed by atoms with E-state index in [2.05, 4.69) is 5.48 Å². The molecule has 0 amide bonds. The van der Waals surface area contributed by atoms with Gasteiger partial charge in [-0.1, -0.05) is 6.07 Å². The van der Waals surface area contributed by atoms with Crippen molar-refractivity contribution < 1.29 is 14.3 Å². The molecule has 4 heteroatoms. The molecule has 0 aromatic heterocycles. The standard InChI is InChI=1S/C12H17NO3/c1-14-11-6-3-9(8-13-15-2)7-12(11)16-10-4-5-10/h3,6-7,10,13H,4-5,8H2,1-2H3. The molecule has 1 aliphatic carbocycles. The summed E-state index contributed by atoms with van der Waals surface area (Å²) in [6.45, 7) is 0.654. The molecule has 0 unspecified atom stereocenters. The van der Waals surface area contributed by atoms with E-state index in [-0.39, 0.29) is 0 Å². The Kier molecular flexibility index (Phi) is 3.64. The summed E-state index contributed by atoms with van der Waals surface area (Å²) in [6.07, 6.45) is 2.66. The van der Waals surface area contributed by atoms with Crippen molar-refractivity contribution in [3.05, 3.63) is 23.8 Å². The third-order valence-electron chi connectivity index (χ3n) is 2.47. The van der Waals surface area contributed by atoms with E-state index in [4.69, 9.17) is 14.3 Å². The highest BCUT2D eigenvalue weighted by molar-refractivity contribution is 5.43. The van der Waals surface area contributed by atoms with Crippen LogP contribution < -0.4 is 15.0 Å². The van der Waals surface area contributed by atoms with Crippen LogP contribution in [0.2, 0.25) is 0 Å². The fraction of sp³-hybridized carbons (Fsp3) is 0.500. The Morgan fingerprint density at radius 3 is 2.69 bits per heavy atom. The van der Waals surface area contributed by atoms with Gasteiger partial charge in [0.25, 0.3) is 0 Å². The number of rotatable bonds is 6. The molecule has 0 bridgehead atoms. The van der Waals surface area contributed by atoms with Gasteiger partial charge in [-0.15, -0.1) is 0 Å². The zero-order valence-electron chi connectivity index (χ0n) is 9.66. The van der Waals surface area contributed by atoms with Gasteiger partial charge in [0.15, 0.2) is 11.5 Å². The van der Waals surface area contributed by atoms with Crippen molar-refractivity contribution in [1.82, 2.24) is 5.48 Å². The highest BCUT2D eigenvalue weighted by Crippen LogP contribution is 2.34. The van der Waals surface area contributed by atoms with Crippen LogP contribution in [-0.4, -0.2) is 20.3 Å². The minimum Gasteiger partial charge on any atom is -0.493 e. The fourth-order valence-electron chi connectivity index (χ4n) is 1.44. The number of nitrogens with one attached hydrogen (secondary N) is 1. The Balaban J connectivity index is 2.09. The zero-order valence-corrected chi connectivity index (χ0v) is 9.66. The SMILES string of the molecule is CONCc1ccc(OC)c(OC2CC2)c1. The lowest BCUT2D eigenvalue weighted by Gasteiger charge is -2.11. The van der Waals surface area contributed by atoms with Crippen molar-refractivity contribution in [2.75, 3.05) is 14.2 Å². The molecule has 1 aliphatic rings. The molecule has 0 radical (unpaired) electrons. The second kappa shape index (κ2) is 5.18. The molecule has 4 nitrogen and oxygen atoms in total. The molecule has 1 N–H and O–H groups in total. The summed E-state index contributed by atoms with van der Waals surface area (Å²) in [5.74, 6) is 1.61. The average molecular weight is 223 g/mol. The quantitative estimate of drug-likeness (QED) is 0.747. The maximum Gasteiger partial charge on any atom is 0.161 e.